The van der Waals surface area contributed by atoms with Gasteiger partial charge in [0, 0.05) is 11.0 Å². The largest absolute Gasteiger partial charge is 0.274 e. The minimum absolute atomic E-state index is 0.0641. The number of anilines is 1. The highest BCUT2D eigenvalue weighted by molar-refractivity contribution is 9.10. The van der Waals surface area contributed by atoms with Crippen molar-refractivity contribution >= 4 is 43.5 Å². The standard InChI is InChI=1S/C19H17BrN2O4S/c1-2-12-21(27(25,26)16-6-4-3-5-7-16)17-13-18(23)22(19(17)24)15-10-8-14(20)9-11-15/h2-11,17H,1,12-13H2. The Labute approximate surface area is 166 Å². The molecular formula is C19H17BrN2O4S. The van der Waals surface area contributed by atoms with E-state index in [1.165, 1.54) is 18.2 Å². The average molecular weight is 449 g/mol. The van der Waals surface area contributed by atoms with Crippen LogP contribution in [0.1, 0.15) is 6.42 Å². The molecule has 1 aliphatic rings. The van der Waals surface area contributed by atoms with Crippen LogP contribution in [0.15, 0.2) is 76.6 Å². The number of nitrogens with zero attached hydrogens (tertiary/aromatic N) is 2. The zero-order valence-electron chi connectivity index (χ0n) is 14.3. The molecule has 6 nitrogen and oxygen atoms in total. The van der Waals surface area contributed by atoms with Crippen LogP contribution in [0.2, 0.25) is 0 Å². The fourth-order valence-corrected chi connectivity index (χ4v) is 4.79. The maximum atomic E-state index is 13.0. The minimum Gasteiger partial charge on any atom is -0.274 e. The predicted octanol–water partition coefficient (Wildman–Crippen LogP) is 2.96. The molecule has 1 saturated heterocycles. The number of halogens is 1. The van der Waals surface area contributed by atoms with Gasteiger partial charge in [0.25, 0.3) is 5.91 Å². The lowest BCUT2D eigenvalue weighted by Crippen LogP contribution is -2.45. The van der Waals surface area contributed by atoms with Gasteiger partial charge in [-0.1, -0.05) is 40.2 Å². The van der Waals surface area contributed by atoms with Crippen LogP contribution in [-0.4, -0.2) is 37.1 Å². The van der Waals surface area contributed by atoms with E-state index in [4.69, 9.17) is 0 Å². The van der Waals surface area contributed by atoms with Gasteiger partial charge in [0.15, 0.2) is 0 Å². The summed E-state index contributed by atoms with van der Waals surface area (Å²) in [4.78, 5) is 26.5. The van der Waals surface area contributed by atoms with Gasteiger partial charge in [-0.25, -0.2) is 13.3 Å². The van der Waals surface area contributed by atoms with Gasteiger partial charge in [-0.15, -0.1) is 6.58 Å². The quantitative estimate of drug-likeness (QED) is 0.502. The third-order valence-corrected chi connectivity index (χ3v) is 6.63. The first kappa shape index (κ1) is 19.5. The molecule has 0 saturated carbocycles. The van der Waals surface area contributed by atoms with Gasteiger partial charge in [-0.05, 0) is 36.4 Å². The van der Waals surface area contributed by atoms with Crippen LogP contribution in [0, 0.1) is 0 Å². The third kappa shape index (κ3) is 3.73. The summed E-state index contributed by atoms with van der Waals surface area (Å²) >= 11 is 3.30. The first-order valence-corrected chi connectivity index (χ1v) is 10.4. The van der Waals surface area contributed by atoms with Gasteiger partial charge >= 0.3 is 0 Å². The highest BCUT2D eigenvalue weighted by atomic mass is 79.9. The van der Waals surface area contributed by atoms with Gasteiger partial charge < -0.3 is 0 Å². The number of carbonyl (C=O) groups is 2. The van der Waals surface area contributed by atoms with Crippen molar-refractivity contribution in [3.8, 4) is 0 Å². The topological polar surface area (TPSA) is 74.8 Å². The van der Waals surface area contributed by atoms with E-state index in [0.717, 1.165) is 13.7 Å². The summed E-state index contributed by atoms with van der Waals surface area (Å²) in [5.74, 6) is -1.01. The van der Waals surface area contributed by atoms with E-state index in [-0.39, 0.29) is 17.9 Å². The molecule has 27 heavy (non-hydrogen) atoms. The Morgan fingerprint density at radius 3 is 2.33 bits per heavy atom. The van der Waals surface area contributed by atoms with E-state index in [9.17, 15) is 18.0 Å². The molecule has 0 spiro atoms. The van der Waals surface area contributed by atoms with E-state index >= 15 is 0 Å². The Bertz CT molecular complexity index is 975. The van der Waals surface area contributed by atoms with Crippen LogP contribution < -0.4 is 4.90 Å². The van der Waals surface area contributed by atoms with E-state index in [1.807, 2.05) is 0 Å². The molecule has 1 atom stereocenters. The SMILES string of the molecule is C=CCN(C1CC(=O)N(c2ccc(Br)cc2)C1=O)S(=O)(=O)c1ccccc1. The summed E-state index contributed by atoms with van der Waals surface area (Å²) in [6, 6.07) is 13.4. The molecule has 8 heteroatoms. The van der Waals surface area contributed by atoms with E-state index < -0.39 is 27.9 Å². The summed E-state index contributed by atoms with van der Waals surface area (Å²) in [5.41, 5.74) is 0.409. The van der Waals surface area contributed by atoms with E-state index in [0.29, 0.717) is 5.69 Å². The summed E-state index contributed by atoms with van der Waals surface area (Å²) in [7, 11) is -3.96. The fraction of sp³-hybridized carbons (Fsp3) is 0.158. The molecule has 0 N–H and O–H groups in total. The second-order valence-electron chi connectivity index (χ2n) is 5.94. The average Bonchev–Trinajstić information content (AvgIpc) is 2.95. The summed E-state index contributed by atoms with van der Waals surface area (Å²) < 4.78 is 27.9. The van der Waals surface area contributed by atoms with Crippen LogP contribution in [0.5, 0.6) is 0 Å². The maximum Gasteiger partial charge on any atom is 0.252 e. The molecule has 0 radical (unpaired) electrons. The summed E-state index contributed by atoms with van der Waals surface area (Å²) in [6.07, 6.45) is 1.19. The van der Waals surface area contributed by atoms with E-state index in [1.54, 1.807) is 42.5 Å². The molecule has 3 rings (SSSR count). The number of benzene rings is 2. The first-order valence-electron chi connectivity index (χ1n) is 8.16. The lowest BCUT2D eigenvalue weighted by Gasteiger charge is -2.25. The van der Waals surface area contributed by atoms with Crippen LogP contribution in [0.4, 0.5) is 5.69 Å². The number of sulfonamides is 1. The normalized spacial score (nSPS) is 17.6. The first-order chi connectivity index (χ1) is 12.9. The van der Waals surface area contributed by atoms with Crippen molar-refractivity contribution in [2.75, 3.05) is 11.4 Å². The van der Waals surface area contributed by atoms with Crippen LogP contribution in [0.3, 0.4) is 0 Å². The van der Waals surface area contributed by atoms with Crippen molar-refractivity contribution in [2.24, 2.45) is 0 Å². The smallest absolute Gasteiger partial charge is 0.252 e. The third-order valence-electron chi connectivity index (χ3n) is 4.21. The lowest BCUT2D eigenvalue weighted by molar-refractivity contribution is -0.122. The summed E-state index contributed by atoms with van der Waals surface area (Å²) in [5, 5.41) is 0. The molecule has 1 aliphatic heterocycles. The predicted molar refractivity (Wildman–Crippen MR) is 106 cm³/mol. The fourth-order valence-electron chi connectivity index (χ4n) is 2.95. The Morgan fingerprint density at radius 1 is 1.11 bits per heavy atom. The molecule has 2 aromatic rings. The monoisotopic (exact) mass is 448 g/mol. The number of hydrogen-bond donors (Lipinski definition) is 0. The van der Waals surface area contributed by atoms with E-state index in [2.05, 4.69) is 22.5 Å². The second kappa shape index (κ2) is 7.75. The zero-order chi connectivity index (χ0) is 19.6. The highest BCUT2D eigenvalue weighted by Gasteiger charge is 2.46. The van der Waals surface area contributed by atoms with Crippen LogP contribution in [-0.2, 0) is 19.6 Å². The van der Waals surface area contributed by atoms with Crippen molar-refractivity contribution in [1.82, 2.24) is 4.31 Å². The molecular weight excluding hydrogens is 432 g/mol. The van der Waals surface area contributed by atoms with Gasteiger partial charge in [-0.2, -0.15) is 4.31 Å². The van der Waals surface area contributed by atoms with Gasteiger partial charge in [0.05, 0.1) is 17.0 Å². The minimum atomic E-state index is -3.96. The number of imide groups is 1. The number of hydrogen-bond acceptors (Lipinski definition) is 4. The Hall–Kier alpha value is -2.29. The Kier molecular flexibility index (Phi) is 5.59. The second-order valence-corrected chi connectivity index (χ2v) is 8.75. The Balaban J connectivity index is 1.97. The van der Waals surface area contributed by atoms with Crippen LogP contribution >= 0.6 is 15.9 Å². The molecule has 140 valence electrons. The molecule has 2 aromatic carbocycles. The van der Waals surface area contributed by atoms with Crippen molar-refractivity contribution in [1.29, 1.82) is 0 Å². The Morgan fingerprint density at radius 2 is 1.74 bits per heavy atom. The molecule has 0 bridgehead atoms. The maximum absolute atomic E-state index is 13.0. The van der Waals surface area contributed by atoms with Crippen molar-refractivity contribution in [2.45, 2.75) is 17.4 Å². The number of rotatable bonds is 6. The van der Waals surface area contributed by atoms with Crippen molar-refractivity contribution < 1.29 is 18.0 Å². The zero-order valence-corrected chi connectivity index (χ0v) is 16.7. The molecule has 0 aromatic heterocycles. The van der Waals surface area contributed by atoms with Gasteiger partial charge in [-0.3, -0.25) is 9.59 Å². The lowest BCUT2D eigenvalue weighted by atomic mass is 10.2. The molecule has 1 fully saturated rings. The van der Waals surface area contributed by atoms with Gasteiger partial charge in [0.1, 0.15) is 6.04 Å². The summed E-state index contributed by atoms with van der Waals surface area (Å²) in [6.45, 7) is 3.51. The van der Waals surface area contributed by atoms with Crippen LogP contribution in [0.25, 0.3) is 0 Å². The van der Waals surface area contributed by atoms with Crippen molar-refractivity contribution in [3.63, 3.8) is 0 Å². The van der Waals surface area contributed by atoms with Crippen molar-refractivity contribution in [3.05, 3.63) is 71.7 Å². The molecule has 1 heterocycles. The molecule has 0 aliphatic carbocycles. The number of amides is 2. The number of carbonyl (C=O) groups excluding carboxylic acids is 2. The van der Waals surface area contributed by atoms with Gasteiger partial charge in [0.2, 0.25) is 15.9 Å². The highest BCUT2D eigenvalue weighted by Crippen LogP contribution is 2.29. The molecule has 2 amide bonds. The molecule has 1 unspecified atom stereocenters.